The predicted octanol–water partition coefficient (Wildman–Crippen LogP) is 2.70. The highest BCUT2D eigenvalue weighted by Gasteiger charge is 2.33. The first kappa shape index (κ1) is 22.2. The number of esters is 1. The molecule has 2 heterocycles. The third-order valence-corrected chi connectivity index (χ3v) is 6.23. The van der Waals surface area contributed by atoms with Gasteiger partial charge < -0.3 is 9.47 Å². The van der Waals surface area contributed by atoms with Gasteiger partial charge in [0.2, 0.25) is 0 Å². The summed E-state index contributed by atoms with van der Waals surface area (Å²) in [5.41, 5.74) is 2.38. The number of fused-ring (bicyclic) bond motifs is 1. The molecule has 0 radical (unpaired) electrons. The number of thiazole rings is 1. The number of methoxy groups -OCH3 is 1. The number of benzene rings is 2. The molecule has 1 aromatic heterocycles. The Kier molecular flexibility index (Phi) is 6.52. The second-order valence-corrected chi connectivity index (χ2v) is 8.22. The molecule has 0 aliphatic carbocycles. The van der Waals surface area contributed by atoms with Gasteiger partial charge in [-0.1, -0.05) is 60.7 Å². The molecule has 0 saturated carbocycles. The number of aromatic nitrogens is 1. The standard InChI is InChI=1S/C25H21N3O4S/c1-3-19-21(24(30)31-2)22(17-7-5-4-6-8-17)28-23(29)20(33-25(28)27-19)15-16-9-11-18(12-10-16)32-14-13-26/h4-12,15,22H,3,14H2,1-2H3/b20-15-/t22-/m0/s1. The van der Waals surface area contributed by atoms with Crippen molar-refractivity contribution in [3.05, 3.63) is 96.7 Å². The number of nitrogens with zero attached hydrogens (tertiary/aromatic N) is 3. The number of allylic oxidation sites excluding steroid dienone is 1. The molecule has 1 aliphatic heterocycles. The zero-order valence-corrected chi connectivity index (χ0v) is 19.0. The molecule has 4 rings (SSSR count). The van der Waals surface area contributed by atoms with Crippen LogP contribution in [0.4, 0.5) is 0 Å². The van der Waals surface area contributed by atoms with Crippen LogP contribution in [0.3, 0.4) is 0 Å². The van der Waals surface area contributed by atoms with Crippen molar-refractivity contribution in [2.24, 2.45) is 4.99 Å². The van der Waals surface area contributed by atoms with Gasteiger partial charge >= 0.3 is 5.97 Å². The van der Waals surface area contributed by atoms with Crippen LogP contribution >= 0.6 is 11.3 Å². The molecular weight excluding hydrogens is 438 g/mol. The Bertz CT molecular complexity index is 1430. The maximum Gasteiger partial charge on any atom is 0.338 e. The fourth-order valence-corrected chi connectivity index (χ4v) is 4.76. The smallest absolute Gasteiger partial charge is 0.338 e. The molecule has 1 atom stereocenters. The summed E-state index contributed by atoms with van der Waals surface area (Å²) in [6.45, 7) is 1.90. The van der Waals surface area contributed by atoms with E-state index in [9.17, 15) is 9.59 Å². The zero-order chi connectivity index (χ0) is 23.4. The molecule has 8 heteroatoms. The molecule has 1 aliphatic rings. The Morgan fingerprint density at radius 2 is 1.94 bits per heavy atom. The van der Waals surface area contributed by atoms with Crippen LogP contribution in [-0.4, -0.2) is 24.3 Å². The van der Waals surface area contributed by atoms with Gasteiger partial charge in [0.05, 0.1) is 29.0 Å². The van der Waals surface area contributed by atoms with E-state index in [0.29, 0.717) is 32.8 Å². The monoisotopic (exact) mass is 459 g/mol. The van der Waals surface area contributed by atoms with E-state index in [1.54, 1.807) is 22.8 Å². The van der Waals surface area contributed by atoms with Gasteiger partial charge in [0.25, 0.3) is 5.56 Å². The van der Waals surface area contributed by atoms with Crippen LogP contribution < -0.4 is 19.6 Å². The first-order chi connectivity index (χ1) is 16.1. The van der Waals surface area contributed by atoms with Crippen LogP contribution in [0.25, 0.3) is 6.08 Å². The normalized spacial score (nSPS) is 15.4. The third-order valence-electron chi connectivity index (χ3n) is 5.25. The van der Waals surface area contributed by atoms with Crippen LogP contribution in [0.5, 0.6) is 5.75 Å². The lowest BCUT2D eigenvalue weighted by Gasteiger charge is -2.25. The van der Waals surface area contributed by atoms with Crippen molar-refractivity contribution >= 4 is 23.4 Å². The van der Waals surface area contributed by atoms with Crippen molar-refractivity contribution in [3.8, 4) is 11.8 Å². The second-order valence-electron chi connectivity index (χ2n) is 7.21. The lowest BCUT2D eigenvalue weighted by atomic mass is 9.95. The first-order valence-corrected chi connectivity index (χ1v) is 11.2. The quantitative estimate of drug-likeness (QED) is 0.529. The maximum absolute atomic E-state index is 13.5. The highest BCUT2D eigenvalue weighted by Crippen LogP contribution is 2.31. The number of carbonyl (C=O) groups is 1. The van der Waals surface area contributed by atoms with E-state index >= 15 is 0 Å². The molecule has 2 aromatic carbocycles. The van der Waals surface area contributed by atoms with Crippen molar-refractivity contribution in [1.29, 1.82) is 5.26 Å². The Morgan fingerprint density at radius 1 is 1.21 bits per heavy atom. The van der Waals surface area contributed by atoms with Crippen LogP contribution in [-0.2, 0) is 9.53 Å². The van der Waals surface area contributed by atoms with Crippen molar-refractivity contribution in [2.45, 2.75) is 19.4 Å². The molecule has 0 spiro atoms. The number of nitriles is 1. The van der Waals surface area contributed by atoms with Crippen LogP contribution in [0.1, 0.15) is 30.5 Å². The van der Waals surface area contributed by atoms with Gasteiger partial charge in [-0.15, -0.1) is 0 Å². The van der Waals surface area contributed by atoms with E-state index in [2.05, 4.69) is 4.99 Å². The molecule has 33 heavy (non-hydrogen) atoms. The first-order valence-electron chi connectivity index (χ1n) is 10.3. The molecular formula is C25H21N3O4S. The minimum atomic E-state index is -0.617. The average Bonchev–Trinajstić information content (AvgIpc) is 3.17. The van der Waals surface area contributed by atoms with Crippen molar-refractivity contribution in [2.75, 3.05) is 13.7 Å². The zero-order valence-electron chi connectivity index (χ0n) is 18.1. The molecule has 166 valence electrons. The van der Waals surface area contributed by atoms with Crippen molar-refractivity contribution < 1.29 is 14.3 Å². The van der Waals surface area contributed by atoms with Gasteiger partial charge in [0.15, 0.2) is 11.4 Å². The van der Waals surface area contributed by atoms with E-state index in [1.165, 1.54) is 18.4 Å². The van der Waals surface area contributed by atoms with Crippen molar-refractivity contribution in [1.82, 2.24) is 4.57 Å². The summed E-state index contributed by atoms with van der Waals surface area (Å²) in [5.74, 6) is 0.0845. The van der Waals surface area contributed by atoms with E-state index in [-0.39, 0.29) is 12.2 Å². The minimum Gasteiger partial charge on any atom is -0.479 e. The topological polar surface area (TPSA) is 93.7 Å². The van der Waals surface area contributed by atoms with Gasteiger partial charge in [0, 0.05) is 0 Å². The van der Waals surface area contributed by atoms with Crippen LogP contribution in [0.15, 0.2) is 75.7 Å². The molecule has 0 unspecified atom stereocenters. The Hall–Kier alpha value is -3.96. The Balaban J connectivity index is 1.87. The predicted molar refractivity (Wildman–Crippen MR) is 124 cm³/mol. The number of carbonyl (C=O) groups excluding carboxylic acids is 1. The molecule has 0 amide bonds. The largest absolute Gasteiger partial charge is 0.479 e. The fourth-order valence-electron chi connectivity index (χ4n) is 3.74. The minimum absolute atomic E-state index is 0.0281. The summed E-state index contributed by atoms with van der Waals surface area (Å²) < 4.78 is 12.4. The van der Waals surface area contributed by atoms with Gasteiger partial charge in [-0.05, 0) is 35.8 Å². The highest BCUT2D eigenvalue weighted by molar-refractivity contribution is 7.07. The summed E-state index contributed by atoms with van der Waals surface area (Å²) in [6.07, 6.45) is 2.32. The summed E-state index contributed by atoms with van der Waals surface area (Å²) in [5, 5.41) is 8.64. The van der Waals surface area contributed by atoms with E-state index < -0.39 is 12.0 Å². The number of ether oxygens (including phenoxy) is 2. The molecule has 3 aromatic rings. The summed E-state index contributed by atoms with van der Waals surface area (Å²) in [6, 6.07) is 17.9. The molecule has 0 saturated heterocycles. The lowest BCUT2D eigenvalue weighted by Crippen LogP contribution is -2.40. The van der Waals surface area contributed by atoms with Crippen LogP contribution in [0.2, 0.25) is 0 Å². The van der Waals surface area contributed by atoms with Gasteiger partial charge in [-0.2, -0.15) is 5.26 Å². The number of hydrogen-bond donors (Lipinski definition) is 0. The molecule has 7 nitrogen and oxygen atoms in total. The summed E-state index contributed by atoms with van der Waals surface area (Å²) >= 11 is 1.28. The van der Waals surface area contributed by atoms with Gasteiger partial charge in [-0.3, -0.25) is 9.36 Å². The third kappa shape index (κ3) is 4.36. The van der Waals surface area contributed by atoms with Gasteiger partial charge in [0.1, 0.15) is 11.8 Å². The molecule has 0 N–H and O–H groups in total. The Labute approximate surface area is 194 Å². The van der Waals surface area contributed by atoms with E-state index in [0.717, 1.165) is 11.1 Å². The maximum atomic E-state index is 13.5. The summed E-state index contributed by atoms with van der Waals surface area (Å²) in [7, 11) is 1.33. The number of rotatable bonds is 6. The fraction of sp³-hybridized carbons (Fsp3) is 0.200. The van der Waals surface area contributed by atoms with Crippen LogP contribution in [0, 0.1) is 11.3 Å². The molecule has 0 fully saturated rings. The van der Waals surface area contributed by atoms with E-state index in [4.69, 9.17) is 14.7 Å². The lowest BCUT2D eigenvalue weighted by molar-refractivity contribution is -0.136. The van der Waals surface area contributed by atoms with Gasteiger partial charge in [-0.25, -0.2) is 9.79 Å². The SMILES string of the molecule is CCC1=C(C(=O)OC)[C@H](c2ccccc2)n2c(s/c(=C\c3ccc(OCC#N)cc3)c2=O)=N1. The highest BCUT2D eigenvalue weighted by atomic mass is 32.1. The molecule has 0 bridgehead atoms. The Morgan fingerprint density at radius 3 is 2.58 bits per heavy atom. The summed E-state index contributed by atoms with van der Waals surface area (Å²) in [4.78, 5) is 31.5. The van der Waals surface area contributed by atoms with E-state index in [1.807, 2.05) is 55.5 Å². The average molecular weight is 460 g/mol. The van der Waals surface area contributed by atoms with Crippen molar-refractivity contribution in [3.63, 3.8) is 0 Å². The number of hydrogen-bond acceptors (Lipinski definition) is 7. The second kappa shape index (κ2) is 9.67.